The number of carboxylic acids is 1. The lowest BCUT2D eigenvalue weighted by molar-refractivity contribution is -0.137. The number of unbranched alkanes of at least 4 members (excludes halogenated alkanes) is 1. The molecule has 0 aliphatic rings. The standard InChI is InChI=1S/C27H25N3O4/c1-18(19-9-5-3-6-10-19)30-27-21-15-22(25(33-2)16-23(21)28-17-29-27)24-14-13-20(34-24)11-7-4-8-12-26(31)32/h3,5-6,9-10,13-18H,4,8,12H2,1-2H3,(H,31,32)(H,28,29,30). The maximum Gasteiger partial charge on any atom is 0.303 e. The molecule has 0 spiro atoms. The van der Waals surface area contributed by atoms with E-state index in [0.717, 1.165) is 27.8 Å². The fourth-order valence-corrected chi connectivity index (χ4v) is 3.62. The molecule has 172 valence electrons. The number of hydrogen-bond donors (Lipinski definition) is 2. The van der Waals surface area contributed by atoms with E-state index >= 15 is 0 Å². The average molecular weight is 456 g/mol. The topological polar surface area (TPSA) is 97.5 Å². The fraction of sp³-hybridized carbons (Fsp3) is 0.222. The molecule has 1 unspecified atom stereocenters. The van der Waals surface area contributed by atoms with Crippen molar-refractivity contribution in [2.75, 3.05) is 12.4 Å². The van der Waals surface area contributed by atoms with Gasteiger partial charge >= 0.3 is 5.97 Å². The number of anilines is 1. The summed E-state index contributed by atoms with van der Waals surface area (Å²) in [6.45, 7) is 2.08. The molecule has 2 aromatic heterocycles. The monoisotopic (exact) mass is 455 g/mol. The van der Waals surface area contributed by atoms with Crippen LogP contribution in [0.25, 0.3) is 22.2 Å². The molecule has 2 N–H and O–H groups in total. The molecule has 2 aromatic carbocycles. The Bertz CT molecular complexity index is 1350. The average Bonchev–Trinajstić information content (AvgIpc) is 3.32. The van der Waals surface area contributed by atoms with Gasteiger partial charge in [0.05, 0.1) is 18.2 Å². The highest BCUT2D eigenvalue weighted by Gasteiger charge is 2.16. The molecule has 2 heterocycles. The largest absolute Gasteiger partial charge is 0.496 e. The number of benzene rings is 2. The van der Waals surface area contributed by atoms with Crippen LogP contribution in [0.3, 0.4) is 0 Å². The van der Waals surface area contributed by atoms with Gasteiger partial charge in [-0.2, -0.15) is 0 Å². The number of methoxy groups -OCH3 is 1. The van der Waals surface area contributed by atoms with Gasteiger partial charge in [-0.05, 0) is 43.0 Å². The van der Waals surface area contributed by atoms with E-state index in [1.54, 1.807) is 13.2 Å². The van der Waals surface area contributed by atoms with E-state index in [0.29, 0.717) is 30.1 Å². The highest BCUT2D eigenvalue weighted by Crippen LogP contribution is 2.36. The summed E-state index contributed by atoms with van der Waals surface area (Å²) >= 11 is 0. The molecule has 0 saturated heterocycles. The van der Waals surface area contributed by atoms with Crippen molar-refractivity contribution in [3.05, 3.63) is 72.2 Å². The minimum atomic E-state index is -0.818. The maximum absolute atomic E-state index is 10.6. The summed E-state index contributed by atoms with van der Waals surface area (Å²) in [7, 11) is 1.61. The van der Waals surface area contributed by atoms with Crippen molar-refractivity contribution in [3.63, 3.8) is 0 Å². The third kappa shape index (κ3) is 5.36. The van der Waals surface area contributed by atoms with Gasteiger partial charge in [0.1, 0.15) is 23.7 Å². The summed E-state index contributed by atoms with van der Waals surface area (Å²) in [5.41, 5.74) is 2.67. The Morgan fingerprint density at radius 1 is 1.18 bits per heavy atom. The lowest BCUT2D eigenvalue weighted by Crippen LogP contribution is -2.08. The third-order valence-electron chi connectivity index (χ3n) is 5.38. The zero-order valence-electron chi connectivity index (χ0n) is 19.0. The van der Waals surface area contributed by atoms with E-state index in [1.165, 1.54) is 6.33 Å². The first-order valence-corrected chi connectivity index (χ1v) is 11.0. The summed E-state index contributed by atoms with van der Waals surface area (Å²) in [6, 6.07) is 17.7. The normalized spacial score (nSPS) is 11.5. The number of fused-ring (bicyclic) bond motifs is 1. The van der Waals surface area contributed by atoms with Gasteiger partial charge in [-0.15, -0.1) is 0 Å². The Balaban J connectivity index is 1.63. The lowest BCUT2D eigenvalue weighted by atomic mass is 10.1. The molecule has 0 bridgehead atoms. The molecule has 4 aromatic rings. The molecular weight excluding hydrogens is 430 g/mol. The van der Waals surface area contributed by atoms with Crippen molar-refractivity contribution < 1.29 is 19.1 Å². The van der Waals surface area contributed by atoms with Crippen molar-refractivity contribution in [1.29, 1.82) is 0 Å². The Morgan fingerprint density at radius 2 is 2.00 bits per heavy atom. The second kappa shape index (κ2) is 10.5. The first-order chi connectivity index (χ1) is 16.5. The van der Waals surface area contributed by atoms with Crippen LogP contribution in [0.4, 0.5) is 5.82 Å². The van der Waals surface area contributed by atoms with Crippen LogP contribution in [0, 0.1) is 11.8 Å². The lowest BCUT2D eigenvalue weighted by Gasteiger charge is -2.17. The summed E-state index contributed by atoms with van der Waals surface area (Å²) in [5, 5.41) is 13.0. The highest BCUT2D eigenvalue weighted by atomic mass is 16.5. The van der Waals surface area contributed by atoms with Gasteiger partial charge in [0.15, 0.2) is 5.76 Å². The van der Waals surface area contributed by atoms with Gasteiger partial charge in [0.25, 0.3) is 0 Å². The Morgan fingerprint density at radius 3 is 2.76 bits per heavy atom. The van der Waals surface area contributed by atoms with E-state index in [2.05, 4.69) is 46.2 Å². The fourth-order valence-electron chi connectivity index (χ4n) is 3.62. The predicted octanol–water partition coefficient (Wildman–Crippen LogP) is 5.68. The zero-order chi connectivity index (χ0) is 23.9. The van der Waals surface area contributed by atoms with Gasteiger partial charge in [-0.25, -0.2) is 9.97 Å². The number of nitrogens with one attached hydrogen (secondary N) is 1. The second-order valence-corrected chi connectivity index (χ2v) is 7.78. The molecule has 0 fully saturated rings. The van der Waals surface area contributed by atoms with Gasteiger partial charge in [0.2, 0.25) is 0 Å². The van der Waals surface area contributed by atoms with Gasteiger partial charge in [0, 0.05) is 30.3 Å². The molecule has 0 aliphatic heterocycles. The van der Waals surface area contributed by atoms with Crippen molar-refractivity contribution >= 4 is 22.7 Å². The molecule has 0 saturated carbocycles. The predicted molar refractivity (Wildman–Crippen MR) is 131 cm³/mol. The van der Waals surface area contributed by atoms with Crippen LogP contribution < -0.4 is 10.1 Å². The van der Waals surface area contributed by atoms with E-state index in [-0.39, 0.29) is 12.5 Å². The molecule has 1 atom stereocenters. The van der Waals surface area contributed by atoms with Gasteiger partial charge < -0.3 is 19.6 Å². The molecule has 0 aliphatic carbocycles. The third-order valence-corrected chi connectivity index (χ3v) is 5.38. The number of ether oxygens (including phenoxy) is 1. The van der Waals surface area contributed by atoms with Crippen molar-refractivity contribution in [2.24, 2.45) is 0 Å². The number of aliphatic carboxylic acids is 1. The summed E-state index contributed by atoms with van der Waals surface area (Å²) in [4.78, 5) is 19.5. The maximum atomic E-state index is 10.6. The first kappa shape index (κ1) is 22.9. The summed E-state index contributed by atoms with van der Waals surface area (Å²) < 4.78 is 11.6. The number of carbonyl (C=O) groups is 1. The SMILES string of the molecule is COc1cc2ncnc(NC(C)c3ccccc3)c2cc1-c1ccc(C#CCCCC(=O)O)o1. The van der Waals surface area contributed by atoms with Crippen LogP contribution in [0.1, 0.15) is 43.6 Å². The number of nitrogens with zero attached hydrogens (tertiary/aromatic N) is 2. The van der Waals surface area contributed by atoms with Crippen molar-refractivity contribution in [2.45, 2.75) is 32.2 Å². The molecule has 0 amide bonds. The van der Waals surface area contributed by atoms with E-state index in [4.69, 9.17) is 14.3 Å². The van der Waals surface area contributed by atoms with E-state index in [9.17, 15) is 4.79 Å². The molecule has 7 nitrogen and oxygen atoms in total. The van der Waals surface area contributed by atoms with Crippen molar-refractivity contribution in [3.8, 4) is 28.9 Å². The first-order valence-electron chi connectivity index (χ1n) is 11.0. The van der Waals surface area contributed by atoms with Crippen molar-refractivity contribution in [1.82, 2.24) is 9.97 Å². The highest BCUT2D eigenvalue weighted by molar-refractivity contribution is 5.94. The zero-order valence-corrected chi connectivity index (χ0v) is 19.0. The number of rotatable bonds is 8. The van der Waals surface area contributed by atoms with Gasteiger partial charge in [-0.1, -0.05) is 36.3 Å². The molecular formula is C27H25N3O4. The number of hydrogen-bond acceptors (Lipinski definition) is 6. The van der Waals surface area contributed by atoms with Gasteiger partial charge in [-0.3, -0.25) is 4.79 Å². The van der Waals surface area contributed by atoms with Crippen LogP contribution in [-0.2, 0) is 4.79 Å². The second-order valence-electron chi connectivity index (χ2n) is 7.78. The van der Waals surface area contributed by atoms with Crippen LogP contribution in [0.15, 0.2) is 65.3 Å². The Labute approximate surface area is 197 Å². The Hall–Kier alpha value is -4.31. The number of furan rings is 1. The van der Waals surface area contributed by atoms with Crippen LogP contribution in [0.5, 0.6) is 5.75 Å². The summed E-state index contributed by atoms with van der Waals surface area (Å²) in [6.07, 6.45) is 2.64. The number of aromatic nitrogens is 2. The van der Waals surface area contributed by atoms with Crippen LogP contribution in [0.2, 0.25) is 0 Å². The molecule has 0 radical (unpaired) electrons. The molecule has 7 heteroatoms. The number of carboxylic acid groups (broad SMARTS) is 1. The molecule has 34 heavy (non-hydrogen) atoms. The quantitative estimate of drug-likeness (QED) is 0.261. The van der Waals surface area contributed by atoms with E-state index in [1.807, 2.05) is 36.4 Å². The Kier molecular flexibility index (Phi) is 7.09. The van der Waals surface area contributed by atoms with Crippen LogP contribution >= 0.6 is 0 Å². The summed E-state index contributed by atoms with van der Waals surface area (Å²) in [5.74, 6) is 7.56. The molecule has 4 rings (SSSR count). The minimum absolute atomic E-state index is 0.0523. The minimum Gasteiger partial charge on any atom is -0.496 e. The van der Waals surface area contributed by atoms with E-state index < -0.39 is 5.97 Å². The van der Waals surface area contributed by atoms with Crippen LogP contribution in [-0.4, -0.2) is 28.2 Å². The smallest absolute Gasteiger partial charge is 0.303 e.